The first-order valence-electron chi connectivity index (χ1n) is 14.2. The molecular formula is C38H30N2. The average molecular weight is 515 g/mol. The lowest BCUT2D eigenvalue weighted by molar-refractivity contribution is 0.660. The number of rotatable bonds is 3. The largest absolute Gasteiger partial charge is 0.295 e. The predicted molar refractivity (Wildman–Crippen MR) is 168 cm³/mol. The van der Waals surface area contributed by atoms with E-state index in [4.69, 9.17) is 4.98 Å². The second-order valence-corrected chi connectivity index (χ2v) is 11.5. The maximum atomic E-state index is 5.04. The van der Waals surface area contributed by atoms with Crippen molar-refractivity contribution in [2.24, 2.45) is 0 Å². The first-order valence-corrected chi connectivity index (χ1v) is 14.2. The van der Waals surface area contributed by atoms with Gasteiger partial charge in [-0.25, -0.2) is 4.98 Å². The van der Waals surface area contributed by atoms with Crippen LogP contribution in [0.1, 0.15) is 37.7 Å². The van der Waals surface area contributed by atoms with Gasteiger partial charge in [0.1, 0.15) is 5.82 Å². The molecule has 0 N–H and O–H groups in total. The highest BCUT2D eigenvalue weighted by Gasteiger charge is 2.35. The van der Waals surface area contributed by atoms with Gasteiger partial charge in [-0.15, -0.1) is 0 Å². The van der Waals surface area contributed by atoms with Crippen molar-refractivity contribution in [1.82, 2.24) is 9.55 Å². The van der Waals surface area contributed by atoms with Gasteiger partial charge in [0.15, 0.2) is 0 Å². The Kier molecular flexibility index (Phi) is 4.88. The summed E-state index contributed by atoms with van der Waals surface area (Å²) < 4.78 is 2.40. The summed E-state index contributed by atoms with van der Waals surface area (Å²) in [7, 11) is 0. The molecule has 8 rings (SSSR count). The van der Waals surface area contributed by atoms with Crippen molar-refractivity contribution in [3.8, 4) is 27.9 Å². The fourth-order valence-corrected chi connectivity index (χ4v) is 7.08. The Labute approximate surface area is 234 Å². The van der Waals surface area contributed by atoms with Crippen LogP contribution in [0.2, 0.25) is 0 Å². The van der Waals surface area contributed by atoms with Gasteiger partial charge in [-0.2, -0.15) is 0 Å². The van der Waals surface area contributed by atoms with E-state index in [0.29, 0.717) is 0 Å². The molecule has 0 radical (unpaired) electrons. The minimum absolute atomic E-state index is 0.0424. The van der Waals surface area contributed by atoms with Crippen molar-refractivity contribution in [2.45, 2.75) is 32.6 Å². The third kappa shape index (κ3) is 3.08. The lowest BCUT2D eigenvalue weighted by Gasteiger charge is -2.23. The van der Waals surface area contributed by atoms with Crippen molar-refractivity contribution in [1.29, 1.82) is 0 Å². The molecule has 7 aromatic rings. The van der Waals surface area contributed by atoms with Crippen LogP contribution in [0.5, 0.6) is 0 Å². The Morgan fingerprint density at radius 3 is 1.95 bits per heavy atom. The average Bonchev–Trinajstić information content (AvgIpc) is 3.48. The molecular weight excluding hydrogens is 484 g/mol. The molecule has 0 unspecified atom stereocenters. The van der Waals surface area contributed by atoms with E-state index < -0.39 is 0 Å². The molecule has 1 aliphatic rings. The van der Waals surface area contributed by atoms with E-state index >= 15 is 0 Å². The van der Waals surface area contributed by atoms with Crippen LogP contribution in [0.25, 0.3) is 60.5 Å². The molecule has 0 saturated heterocycles. The van der Waals surface area contributed by atoms with Gasteiger partial charge in [0.25, 0.3) is 0 Å². The lowest BCUT2D eigenvalue weighted by atomic mass is 9.81. The molecule has 1 aromatic heterocycles. The van der Waals surface area contributed by atoms with E-state index in [1.165, 1.54) is 60.6 Å². The summed E-state index contributed by atoms with van der Waals surface area (Å²) in [6, 6.07) is 42.3. The summed E-state index contributed by atoms with van der Waals surface area (Å²) in [5, 5.41) is 5.03. The highest BCUT2D eigenvalue weighted by molar-refractivity contribution is 6.18. The summed E-state index contributed by atoms with van der Waals surface area (Å²) in [4.78, 5) is 5.04. The fourth-order valence-electron chi connectivity index (χ4n) is 7.08. The van der Waals surface area contributed by atoms with Crippen molar-refractivity contribution in [3.05, 3.63) is 132 Å². The Morgan fingerprint density at radius 2 is 1.23 bits per heavy atom. The standard InChI is InChI=1S/C38H30N2/c1-4-35-39-33-19-11-12-20-34(33)40(35)37-29-16-7-5-14-27(29)36(28-15-6-8-17-30(28)37)24-21-22-26-25-13-9-10-18-31(25)38(2,3)32(26)23-24/h5-23H,4H2,1-3H3. The zero-order chi connectivity index (χ0) is 27.0. The Hall–Kier alpha value is -4.69. The number of benzene rings is 6. The van der Waals surface area contributed by atoms with Crippen LogP contribution in [-0.2, 0) is 11.8 Å². The van der Waals surface area contributed by atoms with Crippen LogP contribution in [0.4, 0.5) is 0 Å². The highest BCUT2D eigenvalue weighted by atomic mass is 15.1. The van der Waals surface area contributed by atoms with Crippen LogP contribution in [-0.4, -0.2) is 9.55 Å². The SMILES string of the molecule is CCc1nc2ccccc2n1-c1c2ccccc2c(-c2ccc3c(c2)C(C)(C)c2ccccc2-3)c2ccccc12. The molecule has 6 aromatic carbocycles. The van der Waals surface area contributed by atoms with E-state index in [1.807, 2.05) is 0 Å². The second kappa shape index (κ2) is 8.40. The molecule has 1 heterocycles. The van der Waals surface area contributed by atoms with Crippen LogP contribution < -0.4 is 0 Å². The van der Waals surface area contributed by atoms with Crippen LogP contribution in [0.15, 0.2) is 115 Å². The van der Waals surface area contributed by atoms with E-state index in [1.54, 1.807) is 0 Å². The summed E-state index contributed by atoms with van der Waals surface area (Å²) in [5.74, 6) is 1.08. The molecule has 1 aliphatic carbocycles. The zero-order valence-corrected chi connectivity index (χ0v) is 23.1. The van der Waals surface area contributed by atoms with E-state index in [2.05, 4.69) is 141 Å². The highest BCUT2D eigenvalue weighted by Crippen LogP contribution is 2.51. The molecule has 2 heteroatoms. The van der Waals surface area contributed by atoms with Gasteiger partial charge >= 0.3 is 0 Å². The number of aromatic nitrogens is 2. The van der Waals surface area contributed by atoms with Gasteiger partial charge in [-0.05, 0) is 62.4 Å². The van der Waals surface area contributed by atoms with Gasteiger partial charge in [0, 0.05) is 22.6 Å². The summed E-state index contributed by atoms with van der Waals surface area (Å²) >= 11 is 0. The van der Waals surface area contributed by atoms with Gasteiger partial charge in [0.2, 0.25) is 0 Å². The quantitative estimate of drug-likeness (QED) is 0.215. The fraction of sp³-hybridized carbons (Fsp3) is 0.132. The number of fused-ring (bicyclic) bond motifs is 6. The molecule has 0 spiro atoms. The molecule has 0 fully saturated rings. The number of hydrogen-bond acceptors (Lipinski definition) is 1. The van der Waals surface area contributed by atoms with Gasteiger partial charge in [-0.1, -0.05) is 118 Å². The van der Waals surface area contributed by atoms with Gasteiger partial charge in [-0.3, -0.25) is 4.57 Å². The van der Waals surface area contributed by atoms with Gasteiger partial charge in [0.05, 0.1) is 16.7 Å². The number of nitrogens with zero attached hydrogens (tertiary/aromatic N) is 2. The summed E-state index contributed by atoms with van der Waals surface area (Å²) in [5.41, 5.74) is 11.5. The third-order valence-corrected chi connectivity index (χ3v) is 8.95. The monoisotopic (exact) mass is 514 g/mol. The van der Waals surface area contributed by atoms with Crippen LogP contribution in [0.3, 0.4) is 0 Å². The normalized spacial score (nSPS) is 13.7. The topological polar surface area (TPSA) is 17.8 Å². The number of hydrogen-bond donors (Lipinski definition) is 0. The van der Waals surface area contributed by atoms with Gasteiger partial charge < -0.3 is 0 Å². The number of aryl methyl sites for hydroxylation is 1. The van der Waals surface area contributed by atoms with E-state index in [9.17, 15) is 0 Å². The minimum atomic E-state index is -0.0424. The molecule has 2 nitrogen and oxygen atoms in total. The maximum absolute atomic E-state index is 5.04. The Bertz CT molecular complexity index is 2070. The molecule has 0 atom stereocenters. The van der Waals surface area contributed by atoms with E-state index in [0.717, 1.165) is 23.3 Å². The summed E-state index contributed by atoms with van der Waals surface area (Å²) in [6.07, 6.45) is 0.861. The van der Waals surface area contributed by atoms with Crippen LogP contribution >= 0.6 is 0 Å². The molecule has 40 heavy (non-hydrogen) atoms. The number of imidazole rings is 1. The molecule has 0 aliphatic heterocycles. The first-order chi connectivity index (χ1) is 19.6. The minimum Gasteiger partial charge on any atom is -0.295 e. The lowest BCUT2D eigenvalue weighted by Crippen LogP contribution is -2.14. The van der Waals surface area contributed by atoms with E-state index in [-0.39, 0.29) is 5.41 Å². The predicted octanol–water partition coefficient (Wildman–Crippen LogP) is 9.87. The Balaban J connectivity index is 1.48. The van der Waals surface area contributed by atoms with Crippen molar-refractivity contribution < 1.29 is 0 Å². The Morgan fingerprint density at radius 1 is 0.625 bits per heavy atom. The zero-order valence-electron chi connectivity index (χ0n) is 23.1. The second-order valence-electron chi connectivity index (χ2n) is 11.5. The molecule has 0 amide bonds. The maximum Gasteiger partial charge on any atom is 0.114 e. The van der Waals surface area contributed by atoms with Crippen molar-refractivity contribution in [3.63, 3.8) is 0 Å². The smallest absolute Gasteiger partial charge is 0.114 e. The molecule has 192 valence electrons. The number of para-hydroxylation sites is 2. The van der Waals surface area contributed by atoms with Crippen molar-refractivity contribution in [2.75, 3.05) is 0 Å². The van der Waals surface area contributed by atoms with Crippen LogP contribution in [0, 0.1) is 0 Å². The third-order valence-electron chi connectivity index (χ3n) is 8.95. The first kappa shape index (κ1) is 23.2. The molecule has 0 saturated carbocycles. The summed E-state index contributed by atoms with van der Waals surface area (Å²) in [6.45, 7) is 6.91. The van der Waals surface area contributed by atoms with Crippen molar-refractivity contribution >= 4 is 32.6 Å². The molecule has 0 bridgehead atoms.